The largest absolute Gasteiger partial charge is 0.381 e. The molecule has 1 nitrogen and oxygen atoms in total. The summed E-state index contributed by atoms with van der Waals surface area (Å²) in [7, 11) is 1.91. The molecule has 4 aliphatic carbocycles. The van der Waals surface area contributed by atoms with Gasteiger partial charge in [0.25, 0.3) is 0 Å². The van der Waals surface area contributed by atoms with Gasteiger partial charge in [-0.25, -0.2) is 0 Å². The van der Waals surface area contributed by atoms with Crippen LogP contribution in [-0.2, 0) is 4.74 Å². The van der Waals surface area contributed by atoms with Crippen LogP contribution in [0.15, 0.2) is 11.6 Å². The molecule has 0 aromatic heterocycles. The van der Waals surface area contributed by atoms with Gasteiger partial charge in [-0.2, -0.15) is 0 Å². The standard InChI is InChI=1S/C28H48O/c1-19(2)8-7-9-20(3)24-12-13-25-23-11-10-21-18-22(29-6)14-16-27(21,4)26(23)15-17-28(24,25)5/h10,19-20,22-26H,7-9,11-18H2,1-6H3/t20-,22?,23+,24?,25?,26?,27+,28-/m1/s1. The van der Waals surface area contributed by atoms with Crippen molar-refractivity contribution < 1.29 is 4.74 Å². The second-order valence-corrected chi connectivity index (χ2v) is 12.4. The van der Waals surface area contributed by atoms with E-state index in [4.69, 9.17) is 4.74 Å². The number of methoxy groups -OCH3 is 1. The van der Waals surface area contributed by atoms with E-state index in [-0.39, 0.29) is 0 Å². The lowest BCUT2D eigenvalue weighted by atomic mass is 9.47. The Kier molecular flexibility index (Phi) is 6.29. The van der Waals surface area contributed by atoms with Gasteiger partial charge in [-0.15, -0.1) is 0 Å². The van der Waals surface area contributed by atoms with E-state index in [0.29, 0.717) is 16.9 Å². The summed E-state index contributed by atoms with van der Waals surface area (Å²) >= 11 is 0. The van der Waals surface area contributed by atoms with Crippen molar-refractivity contribution in [1.29, 1.82) is 0 Å². The Morgan fingerprint density at radius 1 is 1.00 bits per heavy atom. The molecule has 0 N–H and O–H groups in total. The first-order valence-electron chi connectivity index (χ1n) is 13.0. The summed E-state index contributed by atoms with van der Waals surface area (Å²) in [6.45, 7) is 12.7. The fourth-order valence-corrected chi connectivity index (χ4v) is 8.85. The zero-order valence-electron chi connectivity index (χ0n) is 20.3. The normalized spacial score (nSPS) is 45.3. The van der Waals surface area contributed by atoms with Crippen LogP contribution in [0.25, 0.3) is 0 Å². The first-order chi connectivity index (χ1) is 13.8. The number of allylic oxidation sites excluding steroid dienone is 1. The molecule has 0 radical (unpaired) electrons. The maximum Gasteiger partial charge on any atom is 0.0608 e. The minimum absolute atomic E-state index is 0.472. The molecule has 4 aliphatic rings. The molecule has 166 valence electrons. The van der Waals surface area contributed by atoms with Gasteiger partial charge < -0.3 is 4.74 Å². The lowest BCUT2D eigenvalue weighted by Gasteiger charge is -2.58. The maximum atomic E-state index is 5.75. The summed E-state index contributed by atoms with van der Waals surface area (Å²) in [6.07, 6.45) is 18.7. The SMILES string of the molecule is COC1CC[C@@]2(C)C(=CC[C@H]3C4CCC([C@H](C)CCCC(C)C)[C@@]4(C)CCC32)C1. The second kappa shape index (κ2) is 8.33. The van der Waals surface area contributed by atoms with Crippen molar-refractivity contribution in [3.8, 4) is 0 Å². The molecule has 0 bridgehead atoms. The third-order valence-corrected chi connectivity index (χ3v) is 10.6. The van der Waals surface area contributed by atoms with Crippen molar-refractivity contribution in [2.45, 2.75) is 111 Å². The van der Waals surface area contributed by atoms with E-state index in [2.05, 4.69) is 40.7 Å². The van der Waals surface area contributed by atoms with E-state index in [0.717, 1.165) is 35.5 Å². The maximum absolute atomic E-state index is 5.75. The van der Waals surface area contributed by atoms with Crippen molar-refractivity contribution in [2.24, 2.45) is 46.3 Å². The van der Waals surface area contributed by atoms with Gasteiger partial charge in [0, 0.05) is 7.11 Å². The zero-order valence-corrected chi connectivity index (χ0v) is 20.3. The highest BCUT2D eigenvalue weighted by Crippen LogP contribution is 2.67. The lowest BCUT2D eigenvalue weighted by Crippen LogP contribution is -2.50. The van der Waals surface area contributed by atoms with Gasteiger partial charge in [0.1, 0.15) is 0 Å². The quantitative estimate of drug-likeness (QED) is 0.410. The van der Waals surface area contributed by atoms with Crippen molar-refractivity contribution >= 4 is 0 Å². The number of rotatable bonds is 6. The molecule has 0 heterocycles. The molecule has 1 heteroatoms. The summed E-state index contributed by atoms with van der Waals surface area (Å²) in [5, 5.41) is 0. The van der Waals surface area contributed by atoms with Crippen LogP contribution in [0, 0.1) is 46.3 Å². The first kappa shape index (κ1) is 21.9. The molecule has 0 amide bonds. The van der Waals surface area contributed by atoms with Crippen molar-refractivity contribution in [2.75, 3.05) is 7.11 Å². The Hall–Kier alpha value is -0.300. The molecule has 0 saturated heterocycles. The van der Waals surface area contributed by atoms with Gasteiger partial charge in [0.15, 0.2) is 0 Å². The average Bonchev–Trinajstić information content (AvgIpc) is 3.04. The highest BCUT2D eigenvalue weighted by Gasteiger charge is 2.59. The second-order valence-electron chi connectivity index (χ2n) is 12.4. The highest BCUT2D eigenvalue weighted by molar-refractivity contribution is 5.25. The number of fused-ring (bicyclic) bond motifs is 5. The summed E-state index contributed by atoms with van der Waals surface area (Å²) in [5.41, 5.74) is 2.85. The molecule has 3 fully saturated rings. The first-order valence-corrected chi connectivity index (χ1v) is 13.0. The molecule has 4 unspecified atom stereocenters. The fraction of sp³-hybridized carbons (Fsp3) is 0.929. The van der Waals surface area contributed by atoms with Gasteiger partial charge in [-0.3, -0.25) is 0 Å². The Morgan fingerprint density at radius 3 is 2.52 bits per heavy atom. The van der Waals surface area contributed by atoms with Gasteiger partial charge in [-0.05, 0) is 97.7 Å². The molecule has 8 atom stereocenters. The van der Waals surface area contributed by atoms with Crippen molar-refractivity contribution in [3.05, 3.63) is 11.6 Å². The molecule has 3 saturated carbocycles. The minimum Gasteiger partial charge on any atom is -0.381 e. The third-order valence-electron chi connectivity index (χ3n) is 10.6. The van der Waals surface area contributed by atoms with E-state index in [1.807, 2.05) is 7.11 Å². The van der Waals surface area contributed by atoms with E-state index < -0.39 is 0 Å². The van der Waals surface area contributed by atoms with Gasteiger partial charge in [0.2, 0.25) is 0 Å². The van der Waals surface area contributed by atoms with E-state index in [1.165, 1.54) is 70.6 Å². The molecule has 4 rings (SSSR count). The van der Waals surface area contributed by atoms with Crippen molar-refractivity contribution in [3.63, 3.8) is 0 Å². The summed E-state index contributed by atoms with van der Waals surface area (Å²) in [6, 6.07) is 0. The zero-order chi connectivity index (χ0) is 20.8. The number of hydrogen-bond acceptors (Lipinski definition) is 1. The molecule has 0 aliphatic heterocycles. The minimum atomic E-state index is 0.472. The smallest absolute Gasteiger partial charge is 0.0608 e. The summed E-state index contributed by atoms with van der Waals surface area (Å²) in [5.74, 6) is 5.63. The van der Waals surface area contributed by atoms with Crippen LogP contribution in [0.2, 0.25) is 0 Å². The Morgan fingerprint density at radius 2 is 1.79 bits per heavy atom. The predicted molar refractivity (Wildman–Crippen MR) is 124 cm³/mol. The highest BCUT2D eigenvalue weighted by atomic mass is 16.5. The molecular formula is C28H48O. The molecular weight excluding hydrogens is 352 g/mol. The molecule has 0 aromatic carbocycles. The average molecular weight is 401 g/mol. The van der Waals surface area contributed by atoms with Crippen LogP contribution in [0.1, 0.15) is 105 Å². The fourth-order valence-electron chi connectivity index (χ4n) is 8.85. The topological polar surface area (TPSA) is 9.23 Å². The van der Waals surface area contributed by atoms with E-state index in [1.54, 1.807) is 5.57 Å². The lowest BCUT2D eigenvalue weighted by molar-refractivity contribution is -0.0601. The van der Waals surface area contributed by atoms with Crippen molar-refractivity contribution in [1.82, 2.24) is 0 Å². The van der Waals surface area contributed by atoms with Crippen LogP contribution in [-0.4, -0.2) is 13.2 Å². The van der Waals surface area contributed by atoms with Crippen LogP contribution in [0.5, 0.6) is 0 Å². The van der Waals surface area contributed by atoms with Crippen LogP contribution in [0.4, 0.5) is 0 Å². The van der Waals surface area contributed by atoms with Gasteiger partial charge in [-0.1, -0.05) is 65.5 Å². The van der Waals surface area contributed by atoms with Crippen LogP contribution < -0.4 is 0 Å². The van der Waals surface area contributed by atoms with Gasteiger partial charge in [0.05, 0.1) is 6.10 Å². The molecule has 0 aromatic rings. The van der Waals surface area contributed by atoms with Gasteiger partial charge >= 0.3 is 0 Å². The van der Waals surface area contributed by atoms with Crippen LogP contribution in [0.3, 0.4) is 0 Å². The van der Waals surface area contributed by atoms with Crippen LogP contribution >= 0.6 is 0 Å². The predicted octanol–water partition coefficient (Wildman–Crippen LogP) is 8.04. The summed E-state index contributed by atoms with van der Waals surface area (Å²) in [4.78, 5) is 0. The summed E-state index contributed by atoms with van der Waals surface area (Å²) < 4.78 is 5.75. The van der Waals surface area contributed by atoms with E-state index >= 15 is 0 Å². The Bertz CT molecular complexity index is 605. The Labute approximate surface area is 181 Å². The Balaban J connectivity index is 1.48. The number of hydrogen-bond donors (Lipinski definition) is 0. The van der Waals surface area contributed by atoms with E-state index in [9.17, 15) is 0 Å². The third kappa shape index (κ3) is 3.77. The number of ether oxygens (including phenoxy) is 1. The molecule has 0 spiro atoms. The monoisotopic (exact) mass is 400 g/mol. The molecule has 29 heavy (non-hydrogen) atoms.